The number of hydrogen-bond acceptors (Lipinski definition) is 5. The van der Waals surface area contributed by atoms with E-state index in [2.05, 4.69) is 15.5 Å². The van der Waals surface area contributed by atoms with Crippen LogP contribution in [-0.2, 0) is 9.78 Å². The van der Waals surface area contributed by atoms with E-state index in [0.717, 1.165) is 51.9 Å². The van der Waals surface area contributed by atoms with Crippen molar-refractivity contribution < 1.29 is 9.78 Å². The van der Waals surface area contributed by atoms with Crippen molar-refractivity contribution in [3.63, 3.8) is 0 Å². The standard InChI is InChI=1S/C11H25N3O2/c1-15-16-8-4-2-3-5-11(12)9-13-6-7-14-10-11/h13-14H,2-10,12H2,1H3. The Bertz CT molecular complexity index is 171. The molecule has 0 unspecified atom stereocenters. The fourth-order valence-electron chi connectivity index (χ4n) is 1.99. The molecule has 0 atom stereocenters. The molecule has 5 nitrogen and oxygen atoms in total. The zero-order valence-corrected chi connectivity index (χ0v) is 10.3. The minimum atomic E-state index is -0.0847. The summed E-state index contributed by atoms with van der Waals surface area (Å²) in [7, 11) is 1.54. The second kappa shape index (κ2) is 7.97. The van der Waals surface area contributed by atoms with Crippen LogP contribution in [0.15, 0.2) is 0 Å². The topological polar surface area (TPSA) is 68.5 Å². The molecule has 0 aliphatic carbocycles. The highest BCUT2D eigenvalue weighted by Gasteiger charge is 2.25. The highest BCUT2D eigenvalue weighted by molar-refractivity contribution is 4.90. The Morgan fingerprint density at radius 3 is 2.44 bits per heavy atom. The molecule has 16 heavy (non-hydrogen) atoms. The van der Waals surface area contributed by atoms with Gasteiger partial charge in [0.15, 0.2) is 0 Å². The van der Waals surface area contributed by atoms with Gasteiger partial charge in [-0.15, -0.1) is 0 Å². The summed E-state index contributed by atoms with van der Waals surface area (Å²) in [4.78, 5) is 9.34. The van der Waals surface area contributed by atoms with Gasteiger partial charge >= 0.3 is 0 Å². The zero-order valence-electron chi connectivity index (χ0n) is 10.3. The van der Waals surface area contributed by atoms with Gasteiger partial charge < -0.3 is 16.4 Å². The molecule has 96 valence electrons. The van der Waals surface area contributed by atoms with Gasteiger partial charge in [-0.25, -0.2) is 9.78 Å². The third-order valence-corrected chi connectivity index (χ3v) is 2.95. The van der Waals surface area contributed by atoms with Crippen LogP contribution < -0.4 is 16.4 Å². The van der Waals surface area contributed by atoms with Crippen molar-refractivity contribution in [1.82, 2.24) is 10.6 Å². The summed E-state index contributed by atoms with van der Waals surface area (Å²) in [5.41, 5.74) is 6.23. The lowest BCUT2D eigenvalue weighted by Gasteiger charge is -2.27. The predicted octanol–water partition coefficient (Wildman–Crippen LogP) is 0.0151. The number of hydrogen-bond donors (Lipinski definition) is 3. The normalized spacial score (nSPS) is 20.6. The summed E-state index contributed by atoms with van der Waals surface area (Å²) < 4.78 is 0. The van der Waals surface area contributed by atoms with Gasteiger partial charge in [-0.3, -0.25) is 0 Å². The van der Waals surface area contributed by atoms with E-state index in [-0.39, 0.29) is 5.54 Å². The number of rotatable bonds is 7. The molecule has 1 aliphatic heterocycles. The molecule has 0 saturated carbocycles. The third-order valence-electron chi connectivity index (χ3n) is 2.95. The van der Waals surface area contributed by atoms with Crippen LogP contribution in [0.2, 0.25) is 0 Å². The summed E-state index contributed by atoms with van der Waals surface area (Å²) in [5, 5.41) is 6.73. The smallest absolute Gasteiger partial charge is 0.0822 e. The van der Waals surface area contributed by atoms with E-state index >= 15 is 0 Å². The molecular weight excluding hydrogens is 206 g/mol. The first-order valence-corrected chi connectivity index (χ1v) is 6.13. The monoisotopic (exact) mass is 231 g/mol. The van der Waals surface area contributed by atoms with Gasteiger partial charge in [0.1, 0.15) is 0 Å². The Balaban J connectivity index is 2.05. The van der Waals surface area contributed by atoms with E-state index in [1.54, 1.807) is 0 Å². The molecule has 1 fully saturated rings. The van der Waals surface area contributed by atoms with Gasteiger partial charge in [-0.1, -0.05) is 12.8 Å². The molecule has 1 heterocycles. The molecule has 0 aromatic carbocycles. The quantitative estimate of drug-likeness (QED) is 0.327. The fraction of sp³-hybridized carbons (Fsp3) is 1.00. The highest BCUT2D eigenvalue weighted by atomic mass is 17.2. The maximum atomic E-state index is 6.32. The van der Waals surface area contributed by atoms with Crippen LogP contribution in [0.25, 0.3) is 0 Å². The second-order valence-corrected chi connectivity index (χ2v) is 4.52. The molecule has 0 spiro atoms. The molecule has 1 saturated heterocycles. The van der Waals surface area contributed by atoms with Crippen LogP contribution in [0, 0.1) is 0 Å². The molecule has 0 amide bonds. The van der Waals surface area contributed by atoms with Crippen LogP contribution in [0.3, 0.4) is 0 Å². The van der Waals surface area contributed by atoms with Crippen LogP contribution in [-0.4, -0.2) is 45.4 Å². The lowest BCUT2D eigenvalue weighted by atomic mass is 9.93. The van der Waals surface area contributed by atoms with E-state index < -0.39 is 0 Å². The van der Waals surface area contributed by atoms with Crippen molar-refractivity contribution in [2.75, 3.05) is 39.9 Å². The summed E-state index contributed by atoms with van der Waals surface area (Å²) in [6.07, 6.45) is 4.38. The van der Waals surface area contributed by atoms with Crippen molar-refractivity contribution in [3.05, 3.63) is 0 Å². The molecule has 1 rings (SSSR count). The summed E-state index contributed by atoms with van der Waals surface area (Å²) >= 11 is 0. The maximum absolute atomic E-state index is 6.32. The van der Waals surface area contributed by atoms with Gasteiger partial charge in [-0.05, 0) is 12.8 Å². The maximum Gasteiger partial charge on any atom is 0.0822 e. The molecule has 5 heteroatoms. The predicted molar refractivity (Wildman–Crippen MR) is 64.1 cm³/mol. The minimum Gasteiger partial charge on any atom is -0.323 e. The largest absolute Gasteiger partial charge is 0.323 e. The first-order valence-electron chi connectivity index (χ1n) is 6.13. The number of unbranched alkanes of at least 4 members (excludes halogenated alkanes) is 2. The Hall–Kier alpha value is -0.200. The second-order valence-electron chi connectivity index (χ2n) is 4.52. The molecule has 0 aromatic heterocycles. The van der Waals surface area contributed by atoms with Gasteiger partial charge in [0.25, 0.3) is 0 Å². The number of nitrogens with one attached hydrogen (secondary N) is 2. The van der Waals surface area contributed by atoms with Crippen LogP contribution >= 0.6 is 0 Å². The number of nitrogens with two attached hydrogens (primary N) is 1. The minimum absolute atomic E-state index is 0.0847. The van der Waals surface area contributed by atoms with Crippen LogP contribution in [0.4, 0.5) is 0 Å². The van der Waals surface area contributed by atoms with Crippen molar-refractivity contribution in [2.24, 2.45) is 5.73 Å². The molecule has 1 aliphatic rings. The van der Waals surface area contributed by atoms with Gasteiger partial charge in [0, 0.05) is 31.7 Å². The Kier molecular flexibility index (Phi) is 6.91. The summed E-state index contributed by atoms with van der Waals surface area (Å²) in [6.45, 7) is 4.52. The van der Waals surface area contributed by atoms with E-state index in [0.29, 0.717) is 6.61 Å². The zero-order chi connectivity index (χ0) is 11.7. The van der Waals surface area contributed by atoms with Gasteiger partial charge in [0.05, 0.1) is 13.7 Å². The van der Waals surface area contributed by atoms with Crippen molar-refractivity contribution in [3.8, 4) is 0 Å². The first kappa shape index (κ1) is 13.9. The van der Waals surface area contributed by atoms with E-state index in [1.807, 2.05) is 0 Å². The Labute approximate surface area is 98.0 Å². The molecule has 0 radical (unpaired) electrons. The van der Waals surface area contributed by atoms with Crippen LogP contribution in [0.5, 0.6) is 0 Å². The SMILES string of the molecule is COOCCCCCC1(N)CNCCNC1. The van der Waals surface area contributed by atoms with Gasteiger partial charge in [0.2, 0.25) is 0 Å². The molecule has 0 bridgehead atoms. The van der Waals surface area contributed by atoms with E-state index in [4.69, 9.17) is 10.6 Å². The lowest BCUT2D eigenvalue weighted by Crippen LogP contribution is -2.52. The molecular formula is C11H25N3O2. The van der Waals surface area contributed by atoms with Crippen molar-refractivity contribution in [1.29, 1.82) is 0 Å². The highest BCUT2D eigenvalue weighted by Crippen LogP contribution is 2.12. The van der Waals surface area contributed by atoms with E-state index in [9.17, 15) is 0 Å². The lowest BCUT2D eigenvalue weighted by molar-refractivity contribution is -0.272. The Morgan fingerprint density at radius 2 is 1.81 bits per heavy atom. The molecule has 0 aromatic rings. The van der Waals surface area contributed by atoms with Crippen molar-refractivity contribution >= 4 is 0 Å². The van der Waals surface area contributed by atoms with Gasteiger partial charge in [-0.2, -0.15) is 0 Å². The van der Waals surface area contributed by atoms with Crippen molar-refractivity contribution in [2.45, 2.75) is 31.2 Å². The average molecular weight is 231 g/mol. The van der Waals surface area contributed by atoms with E-state index in [1.165, 1.54) is 7.11 Å². The first-order chi connectivity index (χ1) is 7.77. The van der Waals surface area contributed by atoms with Crippen LogP contribution in [0.1, 0.15) is 25.7 Å². The average Bonchev–Trinajstić information content (AvgIpc) is 2.49. The summed E-state index contributed by atoms with van der Waals surface area (Å²) in [6, 6.07) is 0. The Morgan fingerprint density at radius 1 is 1.12 bits per heavy atom. The summed E-state index contributed by atoms with van der Waals surface area (Å²) in [5.74, 6) is 0. The third kappa shape index (κ3) is 5.77. The fourth-order valence-corrected chi connectivity index (χ4v) is 1.99. The molecule has 4 N–H and O–H groups in total.